The first-order valence-electron chi connectivity index (χ1n) is 5.75. The number of rotatable bonds is 3. The molecular formula is C13H11BrClFN2O2S. The molecule has 2 aromatic rings. The Kier molecular flexibility index (Phi) is 4.46. The van der Waals surface area contributed by atoms with Gasteiger partial charge in [0.15, 0.2) is 5.82 Å². The molecule has 21 heavy (non-hydrogen) atoms. The fourth-order valence-electron chi connectivity index (χ4n) is 1.73. The number of hydrogen-bond acceptors (Lipinski definition) is 3. The minimum absolute atomic E-state index is 0.0289. The van der Waals surface area contributed by atoms with Gasteiger partial charge in [0, 0.05) is 5.69 Å². The van der Waals surface area contributed by atoms with Crippen molar-refractivity contribution in [2.75, 3.05) is 10.5 Å². The van der Waals surface area contributed by atoms with Crippen molar-refractivity contribution in [3.63, 3.8) is 0 Å². The summed E-state index contributed by atoms with van der Waals surface area (Å²) in [6, 6.07) is 7.25. The molecule has 3 N–H and O–H groups in total. The highest BCUT2D eigenvalue weighted by Gasteiger charge is 2.23. The van der Waals surface area contributed by atoms with Crippen molar-refractivity contribution < 1.29 is 12.8 Å². The third-order valence-corrected chi connectivity index (χ3v) is 5.01. The van der Waals surface area contributed by atoms with E-state index >= 15 is 0 Å². The van der Waals surface area contributed by atoms with Gasteiger partial charge in [-0.05, 0) is 46.6 Å². The molecule has 2 aromatic carbocycles. The second-order valence-corrected chi connectivity index (χ2v) is 7.26. The van der Waals surface area contributed by atoms with Crippen LogP contribution in [0.5, 0.6) is 0 Å². The normalized spacial score (nSPS) is 11.4. The molecule has 0 bridgehead atoms. The van der Waals surface area contributed by atoms with Crippen LogP contribution < -0.4 is 10.5 Å². The molecule has 0 aromatic heterocycles. The van der Waals surface area contributed by atoms with Crippen LogP contribution in [-0.4, -0.2) is 8.42 Å². The molecule has 0 aliphatic rings. The molecule has 0 amide bonds. The van der Waals surface area contributed by atoms with Gasteiger partial charge >= 0.3 is 0 Å². The number of para-hydroxylation sites is 1. The van der Waals surface area contributed by atoms with Gasteiger partial charge in [-0.3, -0.25) is 4.72 Å². The van der Waals surface area contributed by atoms with Crippen molar-refractivity contribution in [1.29, 1.82) is 0 Å². The Labute approximate surface area is 135 Å². The van der Waals surface area contributed by atoms with E-state index in [0.29, 0.717) is 5.56 Å². The second-order valence-electron chi connectivity index (χ2n) is 4.35. The third-order valence-electron chi connectivity index (χ3n) is 2.77. The van der Waals surface area contributed by atoms with Gasteiger partial charge in [0.25, 0.3) is 10.0 Å². The molecule has 0 saturated heterocycles. The lowest BCUT2D eigenvalue weighted by atomic mass is 10.2. The maximum atomic E-state index is 14.0. The molecule has 2 rings (SSSR count). The van der Waals surface area contributed by atoms with E-state index in [9.17, 15) is 12.8 Å². The van der Waals surface area contributed by atoms with Crippen LogP contribution in [-0.2, 0) is 10.0 Å². The molecule has 8 heteroatoms. The maximum absolute atomic E-state index is 14.0. The van der Waals surface area contributed by atoms with Crippen LogP contribution in [0.3, 0.4) is 0 Å². The largest absolute Gasteiger partial charge is 0.399 e. The Morgan fingerprint density at radius 3 is 2.62 bits per heavy atom. The standard InChI is InChI=1S/C13H11BrClFN2O2S/c1-7-3-2-4-10(15)13(7)18-21(19,20)11-6-8(17)5-9(14)12(11)16/h2-6,18H,17H2,1H3. The van der Waals surface area contributed by atoms with Crippen LogP contribution in [0.1, 0.15) is 5.56 Å². The highest BCUT2D eigenvalue weighted by Crippen LogP contribution is 2.31. The summed E-state index contributed by atoms with van der Waals surface area (Å²) in [5, 5.41) is 0.224. The van der Waals surface area contributed by atoms with Crippen molar-refractivity contribution in [2.24, 2.45) is 0 Å². The third kappa shape index (κ3) is 3.30. The van der Waals surface area contributed by atoms with E-state index in [1.54, 1.807) is 19.1 Å². The van der Waals surface area contributed by atoms with Crippen LogP contribution in [0.2, 0.25) is 5.02 Å². The minimum Gasteiger partial charge on any atom is -0.399 e. The van der Waals surface area contributed by atoms with E-state index in [4.69, 9.17) is 17.3 Å². The van der Waals surface area contributed by atoms with Crippen molar-refractivity contribution in [1.82, 2.24) is 0 Å². The number of halogens is 3. The SMILES string of the molecule is Cc1cccc(Cl)c1NS(=O)(=O)c1cc(N)cc(Br)c1F. The van der Waals surface area contributed by atoms with Gasteiger partial charge in [-0.25, -0.2) is 12.8 Å². The molecule has 4 nitrogen and oxygen atoms in total. The smallest absolute Gasteiger partial charge is 0.264 e. The summed E-state index contributed by atoms with van der Waals surface area (Å²) in [6.45, 7) is 1.69. The average molecular weight is 394 g/mol. The Balaban J connectivity index is 2.54. The summed E-state index contributed by atoms with van der Waals surface area (Å²) >= 11 is 8.90. The number of nitrogen functional groups attached to an aromatic ring is 1. The van der Waals surface area contributed by atoms with Crippen LogP contribution in [0.15, 0.2) is 39.7 Å². The summed E-state index contributed by atoms with van der Waals surface area (Å²) in [7, 11) is -4.15. The van der Waals surface area contributed by atoms with Crippen LogP contribution in [0, 0.1) is 12.7 Å². The first kappa shape index (κ1) is 16.1. The van der Waals surface area contributed by atoms with Crippen molar-refractivity contribution >= 4 is 48.9 Å². The number of anilines is 2. The van der Waals surface area contributed by atoms with E-state index in [1.165, 1.54) is 12.1 Å². The molecule has 0 aliphatic heterocycles. The van der Waals surface area contributed by atoms with Crippen molar-refractivity contribution in [2.45, 2.75) is 11.8 Å². The zero-order chi connectivity index (χ0) is 15.8. The molecule has 0 aliphatic carbocycles. The summed E-state index contributed by atoms with van der Waals surface area (Å²) in [6.07, 6.45) is 0. The Morgan fingerprint density at radius 2 is 2.00 bits per heavy atom. The Bertz CT molecular complexity index is 792. The fourth-order valence-corrected chi connectivity index (χ4v) is 3.95. The van der Waals surface area contributed by atoms with E-state index in [-0.39, 0.29) is 20.9 Å². The van der Waals surface area contributed by atoms with Gasteiger partial charge in [-0.2, -0.15) is 0 Å². The zero-order valence-electron chi connectivity index (χ0n) is 10.8. The molecule has 0 heterocycles. The maximum Gasteiger partial charge on any atom is 0.264 e. The molecular weight excluding hydrogens is 383 g/mol. The first-order chi connectivity index (χ1) is 9.72. The van der Waals surface area contributed by atoms with Gasteiger partial charge in [0.05, 0.1) is 15.2 Å². The van der Waals surface area contributed by atoms with E-state index in [0.717, 1.165) is 6.07 Å². The molecule has 0 fully saturated rings. The number of benzene rings is 2. The lowest BCUT2D eigenvalue weighted by molar-refractivity contribution is 0.567. The molecule has 0 unspecified atom stereocenters. The summed E-state index contributed by atoms with van der Waals surface area (Å²) < 4.78 is 41.0. The fraction of sp³-hybridized carbons (Fsp3) is 0.0769. The quantitative estimate of drug-likeness (QED) is 0.776. The van der Waals surface area contributed by atoms with Gasteiger partial charge in [0.1, 0.15) is 4.90 Å². The van der Waals surface area contributed by atoms with Crippen molar-refractivity contribution in [3.05, 3.63) is 51.2 Å². The predicted octanol–water partition coefficient (Wildman–Crippen LogP) is 3.93. The summed E-state index contributed by atoms with van der Waals surface area (Å²) in [4.78, 5) is -0.548. The minimum atomic E-state index is -4.15. The predicted molar refractivity (Wildman–Crippen MR) is 85.5 cm³/mol. The number of nitrogens with one attached hydrogen (secondary N) is 1. The molecule has 0 spiro atoms. The number of hydrogen-bond donors (Lipinski definition) is 2. The number of aryl methyl sites for hydroxylation is 1. The lowest BCUT2D eigenvalue weighted by Gasteiger charge is -2.13. The summed E-state index contributed by atoms with van der Waals surface area (Å²) in [5.74, 6) is -0.915. The van der Waals surface area contributed by atoms with Crippen LogP contribution in [0.25, 0.3) is 0 Å². The van der Waals surface area contributed by atoms with Crippen LogP contribution in [0.4, 0.5) is 15.8 Å². The molecule has 0 atom stereocenters. The summed E-state index contributed by atoms with van der Waals surface area (Å²) in [5.41, 5.74) is 6.51. The van der Waals surface area contributed by atoms with Gasteiger partial charge in [0.2, 0.25) is 0 Å². The van der Waals surface area contributed by atoms with Crippen LogP contribution >= 0.6 is 27.5 Å². The van der Waals surface area contributed by atoms with E-state index in [1.807, 2.05) is 0 Å². The molecule has 0 saturated carbocycles. The number of sulfonamides is 1. The lowest BCUT2D eigenvalue weighted by Crippen LogP contribution is -2.16. The Morgan fingerprint density at radius 1 is 1.33 bits per heavy atom. The molecule has 112 valence electrons. The average Bonchev–Trinajstić information content (AvgIpc) is 2.38. The number of nitrogens with two attached hydrogens (primary N) is 1. The second kappa shape index (κ2) is 5.82. The first-order valence-corrected chi connectivity index (χ1v) is 8.40. The Hall–Kier alpha value is -1.31. The van der Waals surface area contributed by atoms with Gasteiger partial charge in [-0.1, -0.05) is 23.7 Å². The highest BCUT2D eigenvalue weighted by atomic mass is 79.9. The van der Waals surface area contributed by atoms with Gasteiger partial charge < -0.3 is 5.73 Å². The van der Waals surface area contributed by atoms with Gasteiger partial charge in [-0.15, -0.1) is 0 Å². The van der Waals surface area contributed by atoms with Crippen molar-refractivity contribution in [3.8, 4) is 0 Å². The van der Waals surface area contributed by atoms with E-state index in [2.05, 4.69) is 20.7 Å². The highest BCUT2D eigenvalue weighted by molar-refractivity contribution is 9.10. The topological polar surface area (TPSA) is 72.2 Å². The monoisotopic (exact) mass is 392 g/mol. The zero-order valence-corrected chi connectivity index (χ0v) is 14.0. The van der Waals surface area contributed by atoms with E-state index < -0.39 is 20.7 Å². The molecule has 0 radical (unpaired) electrons.